The standard InChI is InChI=1S/C15H14F2N2O/c16-15(17,12-4-2-1-3-5-12)10-20-13-8-6-11(7-9-13)14(18)19/h1-9H,10H2,(H3,18,19). The number of nitrogens with two attached hydrogens (primary N) is 1. The molecule has 0 bridgehead atoms. The lowest BCUT2D eigenvalue weighted by Gasteiger charge is -2.17. The van der Waals surface area contributed by atoms with E-state index in [1.807, 2.05) is 0 Å². The third-order valence-corrected chi connectivity index (χ3v) is 2.78. The molecule has 2 rings (SSSR count). The molecule has 5 heteroatoms. The summed E-state index contributed by atoms with van der Waals surface area (Å²) in [5.41, 5.74) is 5.74. The minimum atomic E-state index is -3.06. The van der Waals surface area contributed by atoms with Crippen LogP contribution in [0, 0.1) is 5.41 Å². The number of benzene rings is 2. The van der Waals surface area contributed by atoms with Crippen molar-refractivity contribution in [2.75, 3.05) is 6.61 Å². The zero-order valence-electron chi connectivity index (χ0n) is 10.6. The van der Waals surface area contributed by atoms with Gasteiger partial charge in [0.25, 0.3) is 0 Å². The van der Waals surface area contributed by atoms with Gasteiger partial charge in [-0.3, -0.25) is 5.41 Å². The fraction of sp³-hybridized carbons (Fsp3) is 0.133. The van der Waals surface area contributed by atoms with Crippen molar-refractivity contribution < 1.29 is 13.5 Å². The van der Waals surface area contributed by atoms with E-state index in [1.165, 1.54) is 24.3 Å². The molecule has 2 aromatic rings. The molecule has 3 N–H and O–H groups in total. The van der Waals surface area contributed by atoms with Crippen LogP contribution in [0.15, 0.2) is 54.6 Å². The number of rotatable bonds is 5. The van der Waals surface area contributed by atoms with Gasteiger partial charge in [-0.2, -0.15) is 8.78 Å². The molecule has 2 aromatic carbocycles. The van der Waals surface area contributed by atoms with E-state index in [9.17, 15) is 8.78 Å². The molecular weight excluding hydrogens is 262 g/mol. The van der Waals surface area contributed by atoms with E-state index >= 15 is 0 Å². The van der Waals surface area contributed by atoms with Crippen LogP contribution in [0.25, 0.3) is 0 Å². The molecule has 0 aliphatic rings. The van der Waals surface area contributed by atoms with Crippen LogP contribution in [-0.4, -0.2) is 12.4 Å². The number of nitrogen functional groups attached to an aromatic ring is 1. The molecule has 0 heterocycles. The van der Waals surface area contributed by atoms with Crippen LogP contribution >= 0.6 is 0 Å². The first-order valence-corrected chi connectivity index (χ1v) is 6.00. The number of hydrogen-bond acceptors (Lipinski definition) is 2. The Labute approximate surface area is 115 Å². The maximum Gasteiger partial charge on any atom is 0.306 e. The maximum atomic E-state index is 13.9. The highest BCUT2D eigenvalue weighted by molar-refractivity contribution is 5.94. The highest BCUT2D eigenvalue weighted by Crippen LogP contribution is 2.28. The summed E-state index contributed by atoms with van der Waals surface area (Å²) in [6.07, 6.45) is 0. The van der Waals surface area contributed by atoms with Gasteiger partial charge in [0.1, 0.15) is 11.6 Å². The first kappa shape index (κ1) is 14.0. The van der Waals surface area contributed by atoms with Crippen LogP contribution in [0.3, 0.4) is 0 Å². The largest absolute Gasteiger partial charge is 0.487 e. The smallest absolute Gasteiger partial charge is 0.306 e. The molecule has 0 radical (unpaired) electrons. The number of halogens is 2. The van der Waals surface area contributed by atoms with Gasteiger partial charge in [0.15, 0.2) is 6.61 Å². The summed E-state index contributed by atoms with van der Waals surface area (Å²) >= 11 is 0. The van der Waals surface area contributed by atoms with Gasteiger partial charge in [0.2, 0.25) is 0 Å². The number of hydrogen-bond donors (Lipinski definition) is 2. The molecule has 104 valence electrons. The van der Waals surface area contributed by atoms with Gasteiger partial charge >= 0.3 is 5.92 Å². The van der Waals surface area contributed by atoms with Gasteiger partial charge in [-0.05, 0) is 24.3 Å². The topological polar surface area (TPSA) is 59.1 Å². The van der Waals surface area contributed by atoms with Crippen LogP contribution in [-0.2, 0) is 5.92 Å². The number of ether oxygens (including phenoxy) is 1. The van der Waals surface area contributed by atoms with Crippen molar-refractivity contribution in [1.82, 2.24) is 0 Å². The van der Waals surface area contributed by atoms with E-state index < -0.39 is 12.5 Å². The summed E-state index contributed by atoms with van der Waals surface area (Å²) in [5, 5.41) is 7.24. The molecule has 0 saturated heterocycles. The Bertz CT molecular complexity index is 583. The van der Waals surface area contributed by atoms with Crippen molar-refractivity contribution in [3.63, 3.8) is 0 Å². The van der Waals surface area contributed by atoms with Crippen molar-refractivity contribution in [1.29, 1.82) is 5.41 Å². The van der Waals surface area contributed by atoms with E-state index in [1.54, 1.807) is 30.3 Å². The maximum absolute atomic E-state index is 13.9. The number of alkyl halides is 2. The summed E-state index contributed by atoms with van der Waals surface area (Å²) in [7, 11) is 0. The SMILES string of the molecule is N=C(N)c1ccc(OCC(F)(F)c2ccccc2)cc1. The molecule has 0 aliphatic heterocycles. The predicted molar refractivity (Wildman–Crippen MR) is 73.3 cm³/mol. The molecule has 0 unspecified atom stereocenters. The Morgan fingerprint density at radius 2 is 1.65 bits per heavy atom. The van der Waals surface area contributed by atoms with E-state index in [2.05, 4.69) is 0 Å². The second kappa shape index (κ2) is 5.69. The van der Waals surface area contributed by atoms with Gasteiger partial charge < -0.3 is 10.5 Å². The Morgan fingerprint density at radius 1 is 1.05 bits per heavy atom. The molecule has 0 spiro atoms. The van der Waals surface area contributed by atoms with E-state index in [4.69, 9.17) is 15.9 Å². The molecule has 3 nitrogen and oxygen atoms in total. The molecule has 0 saturated carbocycles. The average Bonchev–Trinajstić information content (AvgIpc) is 2.46. The minimum absolute atomic E-state index is 0.0776. The lowest BCUT2D eigenvalue weighted by Crippen LogP contribution is -2.23. The predicted octanol–water partition coefficient (Wildman–Crippen LogP) is 3.14. The quantitative estimate of drug-likeness (QED) is 0.651. The molecule has 0 aliphatic carbocycles. The van der Waals surface area contributed by atoms with Crippen LogP contribution in [0.5, 0.6) is 5.75 Å². The lowest BCUT2D eigenvalue weighted by molar-refractivity contribution is -0.0467. The van der Waals surface area contributed by atoms with Gasteiger partial charge in [0, 0.05) is 11.1 Å². The lowest BCUT2D eigenvalue weighted by atomic mass is 10.1. The molecule has 0 atom stereocenters. The first-order valence-electron chi connectivity index (χ1n) is 6.00. The van der Waals surface area contributed by atoms with E-state index in [0.717, 1.165) is 0 Å². The molecule has 0 fully saturated rings. The Hall–Kier alpha value is -2.43. The minimum Gasteiger partial charge on any atom is -0.487 e. The van der Waals surface area contributed by atoms with Crippen molar-refractivity contribution in [3.8, 4) is 5.75 Å². The molecular formula is C15H14F2N2O. The normalized spacial score (nSPS) is 11.1. The Balaban J connectivity index is 2.03. The summed E-state index contributed by atoms with van der Waals surface area (Å²) in [4.78, 5) is 0. The van der Waals surface area contributed by atoms with Crippen molar-refractivity contribution in [2.24, 2.45) is 5.73 Å². The zero-order chi connectivity index (χ0) is 14.6. The summed E-state index contributed by atoms with van der Waals surface area (Å²) < 4.78 is 32.8. The second-order valence-electron chi connectivity index (χ2n) is 4.30. The third-order valence-electron chi connectivity index (χ3n) is 2.78. The molecule has 20 heavy (non-hydrogen) atoms. The van der Waals surface area contributed by atoms with Gasteiger partial charge in [-0.25, -0.2) is 0 Å². The van der Waals surface area contributed by atoms with E-state index in [0.29, 0.717) is 11.3 Å². The highest BCUT2D eigenvalue weighted by Gasteiger charge is 2.32. The van der Waals surface area contributed by atoms with Crippen LogP contribution in [0.4, 0.5) is 8.78 Å². The van der Waals surface area contributed by atoms with Crippen molar-refractivity contribution in [2.45, 2.75) is 5.92 Å². The second-order valence-corrected chi connectivity index (χ2v) is 4.30. The van der Waals surface area contributed by atoms with Crippen molar-refractivity contribution >= 4 is 5.84 Å². The summed E-state index contributed by atoms with van der Waals surface area (Å²) in [6.45, 7) is -0.740. The van der Waals surface area contributed by atoms with E-state index in [-0.39, 0.29) is 11.4 Å². The first-order chi connectivity index (χ1) is 9.49. The zero-order valence-corrected chi connectivity index (χ0v) is 10.6. The van der Waals surface area contributed by atoms with Crippen LogP contribution in [0.1, 0.15) is 11.1 Å². The van der Waals surface area contributed by atoms with Crippen LogP contribution < -0.4 is 10.5 Å². The fourth-order valence-electron chi connectivity index (χ4n) is 1.67. The van der Waals surface area contributed by atoms with Gasteiger partial charge in [-0.1, -0.05) is 30.3 Å². The highest BCUT2D eigenvalue weighted by atomic mass is 19.3. The summed E-state index contributed by atoms with van der Waals surface area (Å²) in [6, 6.07) is 13.7. The monoisotopic (exact) mass is 276 g/mol. The van der Waals surface area contributed by atoms with Crippen LogP contribution in [0.2, 0.25) is 0 Å². The molecule has 0 amide bonds. The fourth-order valence-corrected chi connectivity index (χ4v) is 1.67. The number of nitrogens with one attached hydrogen (secondary N) is 1. The molecule has 0 aromatic heterocycles. The number of amidine groups is 1. The average molecular weight is 276 g/mol. The van der Waals surface area contributed by atoms with Gasteiger partial charge in [0.05, 0.1) is 0 Å². The Kier molecular flexibility index (Phi) is 3.98. The Morgan fingerprint density at radius 3 is 2.20 bits per heavy atom. The third kappa shape index (κ3) is 3.32. The van der Waals surface area contributed by atoms with Gasteiger partial charge in [-0.15, -0.1) is 0 Å². The summed E-state index contributed by atoms with van der Waals surface area (Å²) in [5.74, 6) is -2.82. The van der Waals surface area contributed by atoms with Crippen molar-refractivity contribution in [3.05, 3.63) is 65.7 Å².